The van der Waals surface area contributed by atoms with E-state index in [0.29, 0.717) is 0 Å². The standard InChI is InChI=1S/Mg.H2O3S.H2O2.2H/c;1-4(2)3;1-2;;/h;(H2,1,2,3);1-2H;;/q+2;;;2*-1. The molecule has 0 spiro atoms. The molecule has 0 aromatic rings. The topological polar surface area (TPSA) is 98.0 Å². The Balaban J connectivity index is -0.00000000990. The molecule has 0 aliphatic heterocycles. The monoisotopic (exact) mass is 142 g/mol. The van der Waals surface area contributed by atoms with Gasteiger partial charge in [-0.2, -0.15) is 4.21 Å². The summed E-state index contributed by atoms with van der Waals surface area (Å²) >= 11 is -2.61. The molecule has 0 aromatic carbocycles. The number of hydrogen-bond donors (Lipinski definition) is 4. The van der Waals surface area contributed by atoms with E-state index in [0.717, 1.165) is 0 Å². The SMILES string of the molecule is O=S(O)O.OO.[H-].[H-].[Mg+2]. The van der Waals surface area contributed by atoms with Gasteiger partial charge in [-0.25, -0.2) is 0 Å². The summed E-state index contributed by atoms with van der Waals surface area (Å²) in [5, 5.41) is 12.0. The van der Waals surface area contributed by atoms with Gasteiger partial charge in [0.25, 0.3) is 11.4 Å². The second-order valence-electron chi connectivity index (χ2n) is 0.231. The first kappa shape index (κ1) is 15.7. The molecule has 0 fully saturated rings. The van der Waals surface area contributed by atoms with Crippen molar-refractivity contribution < 1.29 is 26.7 Å². The van der Waals surface area contributed by atoms with E-state index >= 15 is 0 Å². The molecule has 0 aliphatic carbocycles. The van der Waals surface area contributed by atoms with Gasteiger partial charge in [-0.1, -0.05) is 0 Å². The fraction of sp³-hybridized carbons (Fsp3) is 0. The van der Waals surface area contributed by atoms with Crippen molar-refractivity contribution in [2.24, 2.45) is 0 Å². The maximum atomic E-state index is 8.67. The van der Waals surface area contributed by atoms with Crippen LogP contribution in [0.1, 0.15) is 2.85 Å². The molecule has 0 radical (unpaired) electrons. The van der Waals surface area contributed by atoms with Crippen LogP contribution in [-0.4, -0.2) is 46.9 Å². The largest absolute Gasteiger partial charge is 2.00 e. The van der Waals surface area contributed by atoms with Crippen LogP contribution in [0, 0.1) is 0 Å². The van der Waals surface area contributed by atoms with Crippen molar-refractivity contribution in [2.75, 3.05) is 0 Å². The zero-order valence-corrected chi connectivity index (χ0v) is 5.54. The van der Waals surface area contributed by atoms with Crippen LogP contribution < -0.4 is 0 Å². The van der Waals surface area contributed by atoms with Crippen molar-refractivity contribution in [3.05, 3.63) is 0 Å². The average Bonchev–Trinajstić information content (AvgIpc) is 1.41. The maximum Gasteiger partial charge on any atom is 2.00 e. The van der Waals surface area contributed by atoms with Crippen LogP contribution in [-0.2, 0) is 11.4 Å². The van der Waals surface area contributed by atoms with E-state index in [1.807, 2.05) is 0 Å². The summed E-state index contributed by atoms with van der Waals surface area (Å²) in [5.41, 5.74) is 0. The number of hydrogen-bond acceptors (Lipinski definition) is 3. The predicted octanol–water partition coefficient (Wildman–Crippen LogP) is -0.457. The van der Waals surface area contributed by atoms with Crippen LogP contribution >= 0.6 is 0 Å². The molecule has 44 valence electrons. The Bertz CT molecular complexity index is 37.9. The molecule has 7 heteroatoms. The minimum atomic E-state index is -2.61. The average molecular weight is 142 g/mol. The Kier molecular flexibility index (Phi) is 35.5. The molecule has 0 unspecified atom stereocenters. The molecule has 0 heterocycles. The number of rotatable bonds is 0. The summed E-state index contributed by atoms with van der Waals surface area (Å²) in [6.45, 7) is 0. The van der Waals surface area contributed by atoms with Gasteiger partial charge in [-0.3, -0.25) is 19.6 Å². The molecule has 0 saturated heterocycles. The van der Waals surface area contributed by atoms with Gasteiger partial charge >= 0.3 is 23.1 Å². The zero-order chi connectivity index (χ0) is 5.58. The van der Waals surface area contributed by atoms with Gasteiger partial charge in [0.1, 0.15) is 0 Å². The summed E-state index contributed by atoms with van der Waals surface area (Å²) in [5.74, 6) is 0. The molecular formula is H6MgO5S. The second-order valence-corrected chi connectivity index (χ2v) is 0.692. The minimum Gasteiger partial charge on any atom is -1.00 e. The van der Waals surface area contributed by atoms with Crippen molar-refractivity contribution in [3.8, 4) is 0 Å². The van der Waals surface area contributed by atoms with E-state index in [2.05, 4.69) is 0 Å². The Morgan fingerprint density at radius 1 is 1.29 bits per heavy atom. The van der Waals surface area contributed by atoms with E-state index in [-0.39, 0.29) is 25.9 Å². The van der Waals surface area contributed by atoms with Crippen molar-refractivity contribution in [1.29, 1.82) is 0 Å². The van der Waals surface area contributed by atoms with Gasteiger partial charge in [0.05, 0.1) is 0 Å². The van der Waals surface area contributed by atoms with E-state index < -0.39 is 11.4 Å². The van der Waals surface area contributed by atoms with Crippen LogP contribution in [0.5, 0.6) is 0 Å². The Morgan fingerprint density at radius 2 is 1.29 bits per heavy atom. The summed E-state index contributed by atoms with van der Waals surface area (Å²) in [6.07, 6.45) is 0. The van der Waals surface area contributed by atoms with E-state index in [4.69, 9.17) is 23.8 Å². The molecule has 5 nitrogen and oxygen atoms in total. The smallest absolute Gasteiger partial charge is 1.00 e. The fourth-order valence-corrected chi connectivity index (χ4v) is 0. The molecular weight excluding hydrogens is 136 g/mol. The molecule has 0 rings (SSSR count). The molecule has 0 amide bonds. The van der Waals surface area contributed by atoms with Crippen LogP contribution in [0.15, 0.2) is 0 Å². The van der Waals surface area contributed by atoms with Crippen LogP contribution in [0.4, 0.5) is 0 Å². The summed E-state index contributed by atoms with van der Waals surface area (Å²) in [7, 11) is 0. The van der Waals surface area contributed by atoms with Crippen LogP contribution in [0.25, 0.3) is 0 Å². The molecule has 0 aromatic heterocycles. The summed E-state index contributed by atoms with van der Waals surface area (Å²) in [6, 6.07) is 0. The first-order valence-electron chi connectivity index (χ1n) is 0.732. The first-order chi connectivity index (χ1) is 2.73. The van der Waals surface area contributed by atoms with Crippen molar-refractivity contribution in [1.82, 2.24) is 0 Å². The normalized spacial score (nSPS) is 5.86. The van der Waals surface area contributed by atoms with Crippen LogP contribution in [0.2, 0.25) is 0 Å². The first-order valence-corrected chi connectivity index (χ1v) is 1.80. The molecule has 0 atom stereocenters. The quantitative estimate of drug-likeness (QED) is 0.159. The van der Waals surface area contributed by atoms with Gasteiger partial charge in [-0.05, 0) is 0 Å². The van der Waals surface area contributed by atoms with Gasteiger partial charge in [0.2, 0.25) is 0 Å². The Hall–Kier alpha value is 0.756. The minimum absolute atomic E-state index is 0. The molecule has 0 bridgehead atoms. The molecule has 4 N–H and O–H groups in total. The van der Waals surface area contributed by atoms with Crippen LogP contribution in [0.3, 0.4) is 0 Å². The van der Waals surface area contributed by atoms with E-state index in [9.17, 15) is 0 Å². The second kappa shape index (κ2) is 15.9. The van der Waals surface area contributed by atoms with Gasteiger partial charge in [-0.15, -0.1) is 0 Å². The third-order valence-electron chi connectivity index (χ3n) is 0. The van der Waals surface area contributed by atoms with Crippen molar-refractivity contribution in [2.45, 2.75) is 0 Å². The van der Waals surface area contributed by atoms with Gasteiger partial charge in [0.15, 0.2) is 0 Å². The molecule has 7 heavy (non-hydrogen) atoms. The van der Waals surface area contributed by atoms with Crippen molar-refractivity contribution >= 4 is 34.4 Å². The summed E-state index contributed by atoms with van der Waals surface area (Å²) in [4.78, 5) is 0. The van der Waals surface area contributed by atoms with Gasteiger partial charge in [0, 0.05) is 0 Å². The molecule has 0 saturated carbocycles. The Labute approximate surface area is 61.5 Å². The summed E-state index contributed by atoms with van der Waals surface area (Å²) < 4.78 is 22.8. The third kappa shape index (κ3) is 267. The Morgan fingerprint density at radius 3 is 1.29 bits per heavy atom. The molecule has 0 aliphatic rings. The third-order valence-corrected chi connectivity index (χ3v) is 0. The van der Waals surface area contributed by atoms with Crippen molar-refractivity contribution in [3.63, 3.8) is 0 Å². The predicted molar refractivity (Wildman–Crippen MR) is 26.6 cm³/mol. The fourth-order valence-electron chi connectivity index (χ4n) is 0. The zero-order valence-electron chi connectivity index (χ0n) is 5.31. The maximum absolute atomic E-state index is 8.67. The van der Waals surface area contributed by atoms with E-state index in [1.165, 1.54) is 0 Å². The van der Waals surface area contributed by atoms with Gasteiger partial charge < -0.3 is 2.85 Å². The van der Waals surface area contributed by atoms with E-state index in [1.54, 1.807) is 0 Å².